The van der Waals surface area contributed by atoms with Gasteiger partial charge in [0.2, 0.25) is 0 Å². The predicted octanol–water partition coefficient (Wildman–Crippen LogP) is 2.31. The van der Waals surface area contributed by atoms with E-state index in [0.717, 1.165) is 30.8 Å². The standard InChI is InChI=1S/C15H24N4O/c1-4-14(16)15(12-9-17-18(3)10-12)19(5-2)11-13-7-6-8-20-13/h6-10,14-15H,4-5,11,16H2,1-3H3. The summed E-state index contributed by atoms with van der Waals surface area (Å²) in [5, 5.41) is 4.28. The summed E-state index contributed by atoms with van der Waals surface area (Å²) in [4.78, 5) is 2.34. The van der Waals surface area contributed by atoms with Crippen LogP contribution in [0.15, 0.2) is 35.2 Å². The second-order valence-electron chi connectivity index (χ2n) is 5.11. The van der Waals surface area contributed by atoms with E-state index >= 15 is 0 Å². The highest BCUT2D eigenvalue weighted by Crippen LogP contribution is 2.26. The third-order valence-corrected chi connectivity index (χ3v) is 3.68. The fraction of sp³-hybridized carbons (Fsp3) is 0.533. The molecule has 0 aliphatic heterocycles. The van der Waals surface area contributed by atoms with Crippen molar-refractivity contribution in [1.29, 1.82) is 0 Å². The molecule has 5 heteroatoms. The van der Waals surface area contributed by atoms with Crippen LogP contribution < -0.4 is 5.73 Å². The first-order valence-electron chi connectivity index (χ1n) is 7.16. The Morgan fingerprint density at radius 1 is 1.45 bits per heavy atom. The van der Waals surface area contributed by atoms with Crippen LogP contribution in [0.3, 0.4) is 0 Å². The number of hydrogen-bond donors (Lipinski definition) is 1. The van der Waals surface area contributed by atoms with Gasteiger partial charge in [-0.25, -0.2) is 0 Å². The molecule has 2 N–H and O–H groups in total. The molecule has 0 aromatic carbocycles. The Morgan fingerprint density at radius 2 is 2.25 bits per heavy atom. The summed E-state index contributed by atoms with van der Waals surface area (Å²) in [6, 6.07) is 4.15. The molecule has 2 aromatic heterocycles. The van der Waals surface area contributed by atoms with Gasteiger partial charge in [-0.15, -0.1) is 0 Å². The summed E-state index contributed by atoms with van der Waals surface area (Å²) in [6.45, 7) is 5.94. The van der Waals surface area contributed by atoms with E-state index in [9.17, 15) is 0 Å². The Morgan fingerprint density at radius 3 is 2.75 bits per heavy atom. The number of nitrogens with two attached hydrogens (primary N) is 1. The second kappa shape index (κ2) is 6.72. The Bertz CT molecular complexity index is 506. The van der Waals surface area contributed by atoms with Crippen molar-refractivity contribution < 1.29 is 4.42 Å². The second-order valence-corrected chi connectivity index (χ2v) is 5.11. The fourth-order valence-corrected chi connectivity index (χ4v) is 2.55. The third kappa shape index (κ3) is 3.29. The average molecular weight is 276 g/mol. The van der Waals surface area contributed by atoms with Crippen molar-refractivity contribution in [1.82, 2.24) is 14.7 Å². The molecule has 2 aromatic rings. The molecule has 0 amide bonds. The van der Waals surface area contributed by atoms with E-state index in [2.05, 4.69) is 23.8 Å². The van der Waals surface area contributed by atoms with Crippen LogP contribution in [-0.4, -0.2) is 27.3 Å². The van der Waals surface area contributed by atoms with Gasteiger partial charge in [0.05, 0.1) is 25.0 Å². The monoisotopic (exact) mass is 276 g/mol. The number of nitrogens with zero attached hydrogens (tertiary/aromatic N) is 3. The van der Waals surface area contributed by atoms with Gasteiger partial charge < -0.3 is 10.2 Å². The molecule has 0 saturated carbocycles. The van der Waals surface area contributed by atoms with Crippen molar-refractivity contribution in [3.63, 3.8) is 0 Å². The molecule has 2 atom stereocenters. The molecule has 0 fully saturated rings. The molecule has 2 rings (SSSR count). The van der Waals surface area contributed by atoms with Crippen LogP contribution in [-0.2, 0) is 13.6 Å². The highest BCUT2D eigenvalue weighted by molar-refractivity contribution is 5.14. The molecular weight excluding hydrogens is 252 g/mol. The largest absolute Gasteiger partial charge is 0.468 e. The quantitative estimate of drug-likeness (QED) is 0.843. The number of aromatic nitrogens is 2. The lowest BCUT2D eigenvalue weighted by molar-refractivity contribution is 0.157. The fourth-order valence-electron chi connectivity index (χ4n) is 2.55. The van der Waals surface area contributed by atoms with Gasteiger partial charge in [-0.3, -0.25) is 9.58 Å². The molecule has 0 saturated heterocycles. The first kappa shape index (κ1) is 14.8. The lowest BCUT2D eigenvalue weighted by atomic mass is 9.99. The summed E-state index contributed by atoms with van der Waals surface area (Å²) < 4.78 is 7.29. The van der Waals surface area contributed by atoms with Gasteiger partial charge in [-0.05, 0) is 25.1 Å². The van der Waals surface area contributed by atoms with E-state index in [1.165, 1.54) is 0 Å². The molecule has 0 aliphatic carbocycles. The lowest BCUT2D eigenvalue weighted by Crippen LogP contribution is -2.40. The Balaban J connectivity index is 2.23. The van der Waals surface area contributed by atoms with Crippen molar-refractivity contribution in [2.24, 2.45) is 12.8 Å². The normalized spacial score (nSPS) is 14.7. The third-order valence-electron chi connectivity index (χ3n) is 3.68. The first-order valence-corrected chi connectivity index (χ1v) is 7.16. The molecule has 110 valence electrons. The molecule has 0 radical (unpaired) electrons. The minimum atomic E-state index is 0.0779. The topological polar surface area (TPSA) is 60.2 Å². The summed E-state index contributed by atoms with van der Waals surface area (Å²) in [7, 11) is 1.93. The van der Waals surface area contributed by atoms with Crippen LogP contribution in [0.4, 0.5) is 0 Å². The minimum absolute atomic E-state index is 0.0779. The maximum atomic E-state index is 6.35. The van der Waals surface area contributed by atoms with E-state index in [-0.39, 0.29) is 12.1 Å². The highest BCUT2D eigenvalue weighted by Gasteiger charge is 2.26. The van der Waals surface area contributed by atoms with Crippen molar-refractivity contribution in [3.05, 3.63) is 42.1 Å². The van der Waals surface area contributed by atoms with Crippen LogP contribution >= 0.6 is 0 Å². The van der Waals surface area contributed by atoms with Gasteiger partial charge in [0.15, 0.2) is 0 Å². The van der Waals surface area contributed by atoms with Gasteiger partial charge in [0.25, 0.3) is 0 Å². The lowest BCUT2D eigenvalue weighted by Gasteiger charge is -2.33. The molecule has 0 spiro atoms. The van der Waals surface area contributed by atoms with Crippen LogP contribution in [0.5, 0.6) is 0 Å². The van der Waals surface area contributed by atoms with E-state index in [0.29, 0.717) is 0 Å². The summed E-state index contributed by atoms with van der Waals surface area (Å²) in [5.41, 5.74) is 7.52. The Hall–Kier alpha value is -1.59. The molecule has 0 bridgehead atoms. The summed E-state index contributed by atoms with van der Waals surface area (Å²) >= 11 is 0. The zero-order valence-electron chi connectivity index (χ0n) is 12.5. The number of aryl methyl sites for hydroxylation is 1. The smallest absolute Gasteiger partial charge is 0.117 e. The van der Waals surface area contributed by atoms with Crippen molar-refractivity contribution in [3.8, 4) is 0 Å². The maximum absolute atomic E-state index is 6.35. The Labute approximate surface area is 120 Å². The van der Waals surface area contributed by atoms with Crippen LogP contribution in [0.25, 0.3) is 0 Å². The number of rotatable bonds is 7. The van der Waals surface area contributed by atoms with Gasteiger partial charge in [0.1, 0.15) is 5.76 Å². The van der Waals surface area contributed by atoms with Crippen molar-refractivity contribution in [2.45, 2.75) is 38.9 Å². The predicted molar refractivity (Wildman–Crippen MR) is 79.0 cm³/mol. The highest BCUT2D eigenvalue weighted by atomic mass is 16.3. The zero-order valence-corrected chi connectivity index (χ0v) is 12.5. The van der Waals surface area contributed by atoms with Crippen LogP contribution in [0, 0.1) is 0 Å². The zero-order chi connectivity index (χ0) is 14.5. The number of furan rings is 1. The van der Waals surface area contributed by atoms with E-state index in [4.69, 9.17) is 10.2 Å². The minimum Gasteiger partial charge on any atom is -0.468 e. The van der Waals surface area contributed by atoms with Crippen molar-refractivity contribution >= 4 is 0 Å². The Kier molecular flexibility index (Phi) is 4.98. The molecule has 0 aliphatic rings. The maximum Gasteiger partial charge on any atom is 0.117 e. The van der Waals surface area contributed by atoms with Crippen molar-refractivity contribution in [2.75, 3.05) is 6.54 Å². The van der Waals surface area contributed by atoms with Gasteiger partial charge in [-0.2, -0.15) is 5.10 Å². The first-order chi connectivity index (χ1) is 9.65. The van der Waals surface area contributed by atoms with Gasteiger partial charge >= 0.3 is 0 Å². The molecule has 2 heterocycles. The molecule has 5 nitrogen and oxygen atoms in total. The summed E-state index contributed by atoms with van der Waals surface area (Å²) in [5.74, 6) is 0.962. The van der Waals surface area contributed by atoms with Crippen LogP contribution in [0.1, 0.15) is 37.6 Å². The van der Waals surface area contributed by atoms with Gasteiger partial charge in [-0.1, -0.05) is 13.8 Å². The van der Waals surface area contributed by atoms with Crippen LogP contribution in [0.2, 0.25) is 0 Å². The van der Waals surface area contributed by atoms with E-state index in [1.807, 2.05) is 36.3 Å². The molecule has 20 heavy (non-hydrogen) atoms. The molecular formula is C15H24N4O. The molecule has 2 unspecified atom stereocenters. The summed E-state index contributed by atoms with van der Waals surface area (Å²) in [6.07, 6.45) is 6.59. The van der Waals surface area contributed by atoms with Gasteiger partial charge in [0, 0.05) is 24.8 Å². The number of likely N-dealkylation sites (N-methyl/N-ethyl adjacent to an activating group) is 1. The number of hydrogen-bond acceptors (Lipinski definition) is 4. The SMILES string of the molecule is CCC(N)C(c1cnn(C)c1)N(CC)Cc1ccco1. The van der Waals surface area contributed by atoms with E-state index in [1.54, 1.807) is 6.26 Å². The average Bonchev–Trinajstić information content (AvgIpc) is 3.09. The van der Waals surface area contributed by atoms with E-state index < -0.39 is 0 Å².